The maximum Gasteiger partial charge on any atom is 0.156 e. The van der Waals surface area contributed by atoms with Crippen molar-refractivity contribution in [3.05, 3.63) is 53.4 Å². The van der Waals surface area contributed by atoms with Gasteiger partial charge in [0.15, 0.2) is 5.75 Å². The number of aryl methyl sites for hydroxylation is 1. The van der Waals surface area contributed by atoms with Crippen LogP contribution in [0.25, 0.3) is 0 Å². The number of hydrogen-bond donors (Lipinski definition) is 0. The second-order valence-electron chi connectivity index (χ2n) is 4.65. The minimum Gasteiger partial charge on any atom is -0.495 e. The molecule has 0 amide bonds. The number of rotatable bonds is 2. The van der Waals surface area contributed by atoms with Crippen LogP contribution < -0.4 is 9.47 Å². The monoisotopic (exact) mass is 448 g/mol. The van der Waals surface area contributed by atoms with Crippen molar-refractivity contribution in [1.82, 2.24) is 0 Å². The third kappa shape index (κ3) is 4.91. The molecule has 132 valence electrons. The second kappa shape index (κ2) is 9.47. The van der Waals surface area contributed by atoms with Gasteiger partial charge in [0.05, 0.1) is 34.3 Å². The quantitative estimate of drug-likeness (QED) is 0.432. The van der Waals surface area contributed by atoms with Crippen molar-refractivity contribution in [1.29, 1.82) is 0 Å². The lowest BCUT2D eigenvalue weighted by Crippen LogP contribution is -1.88. The molecule has 0 atom stereocenters. The first-order valence-corrected chi connectivity index (χ1v) is 8.78. The Bertz CT molecular complexity index is 746. The summed E-state index contributed by atoms with van der Waals surface area (Å²) in [4.78, 5) is 0. The topological polar surface area (TPSA) is 18.5 Å². The summed E-state index contributed by atoms with van der Waals surface area (Å²) in [7, 11) is 3.05. The molecule has 2 rings (SSSR count). The number of ether oxygens (including phenoxy) is 2. The van der Waals surface area contributed by atoms with Gasteiger partial charge in [0.1, 0.15) is 10.8 Å². The van der Waals surface area contributed by atoms with Gasteiger partial charge in [-0.3, -0.25) is 0 Å². The molecule has 0 radical (unpaired) electrons. The van der Waals surface area contributed by atoms with E-state index in [1.165, 1.54) is 14.2 Å². The maximum absolute atomic E-state index is 5.91. The van der Waals surface area contributed by atoms with E-state index in [-0.39, 0.29) is 0 Å². The molecule has 2 aromatic carbocycles. The Morgan fingerprint density at radius 1 is 0.667 bits per heavy atom. The Morgan fingerprint density at radius 3 is 1.75 bits per heavy atom. The summed E-state index contributed by atoms with van der Waals surface area (Å²) >= 11 is 35.0. The molecule has 24 heavy (non-hydrogen) atoms. The smallest absolute Gasteiger partial charge is 0.156 e. The van der Waals surface area contributed by atoms with Crippen LogP contribution in [0, 0.1) is 13.8 Å². The van der Waals surface area contributed by atoms with E-state index in [1.807, 2.05) is 13.8 Å². The van der Waals surface area contributed by atoms with E-state index >= 15 is 0 Å². The van der Waals surface area contributed by atoms with Crippen molar-refractivity contribution in [2.45, 2.75) is 13.8 Å². The molecule has 0 aromatic heterocycles. The van der Waals surface area contributed by atoms with Crippen LogP contribution in [0.4, 0.5) is 0 Å². The molecule has 8 heteroatoms. The van der Waals surface area contributed by atoms with Crippen molar-refractivity contribution in [3.8, 4) is 11.5 Å². The van der Waals surface area contributed by atoms with Gasteiger partial charge < -0.3 is 9.47 Å². The number of benzene rings is 2. The fourth-order valence-electron chi connectivity index (χ4n) is 1.70. The highest BCUT2D eigenvalue weighted by atomic mass is 35.5. The van der Waals surface area contributed by atoms with Crippen molar-refractivity contribution < 1.29 is 9.47 Å². The molecular weight excluding hydrogens is 437 g/mol. The highest BCUT2D eigenvalue weighted by molar-refractivity contribution is 6.49. The average Bonchev–Trinajstić information content (AvgIpc) is 2.55. The lowest BCUT2D eigenvalue weighted by molar-refractivity contribution is 0.414. The first kappa shape index (κ1) is 21.8. The van der Waals surface area contributed by atoms with Crippen molar-refractivity contribution in [3.63, 3.8) is 0 Å². The zero-order chi connectivity index (χ0) is 18.6. The standard InChI is InChI=1S/2C8H7Cl3O/c1-4-5(9)3-6(10)8(12-2)7(4)11;1-4-3-5(12-2)7(10)8(11)6(4)9/h2*3H,1-2H3. The number of halogens is 6. The van der Waals surface area contributed by atoms with E-state index in [0.717, 1.165) is 11.1 Å². The zero-order valence-corrected chi connectivity index (χ0v) is 17.8. The largest absolute Gasteiger partial charge is 0.495 e. The third-order valence-corrected chi connectivity index (χ3v) is 5.64. The van der Waals surface area contributed by atoms with Crippen molar-refractivity contribution in [2.75, 3.05) is 14.2 Å². The SMILES string of the molecule is COc1c(Cl)cc(Cl)c(C)c1Cl.COc1cc(C)c(Cl)c(Cl)c1Cl. The summed E-state index contributed by atoms with van der Waals surface area (Å²) in [5.74, 6) is 1.02. The lowest BCUT2D eigenvalue weighted by Gasteiger charge is -2.08. The first-order valence-electron chi connectivity index (χ1n) is 6.51. The molecule has 0 saturated carbocycles. The summed E-state index contributed by atoms with van der Waals surface area (Å²) in [6.07, 6.45) is 0. The lowest BCUT2D eigenvalue weighted by atomic mass is 10.2. The van der Waals surface area contributed by atoms with Gasteiger partial charge in [-0.15, -0.1) is 0 Å². The van der Waals surface area contributed by atoms with E-state index in [4.69, 9.17) is 79.1 Å². The molecule has 0 N–H and O–H groups in total. The molecule has 0 heterocycles. The van der Waals surface area contributed by atoms with E-state index in [9.17, 15) is 0 Å². The predicted molar refractivity (Wildman–Crippen MR) is 106 cm³/mol. The Balaban J connectivity index is 0.000000240. The highest BCUT2D eigenvalue weighted by Gasteiger charge is 2.12. The predicted octanol–water partition coefficient (Wildman–Crippen LogP) is 7.93. The van der Waals surface area contributed by atoms with Gasteiger partial charge >= 0.3 is 0 Å². The summed E-state index contributed by atoms with van der Waals surface area (Å²) in [5, 5.41) is 2.62. The zero-order valence-electron chi connectivity index (χ0n) is 13.2. The molecule has 0 saturated heterocycles. The van der Waals surface area contributed by atoms with Gasteiger partial charge in [0, 0.05) is 5.02 Å². The van der Waals surface area contributed by atoms with Crippen LogP contribution >= 0.6 is 69.6 Å². The van der Waals surface area contributed by atoms with E-state index in [1.54, 1.807) is 12.1 Å². The fourth-order valence-corrected chi connectivity index (χ4v) is 3.29. The van der Waals surface area contributed by atoms with Crippen LogP contribution in [0.15, 0.2) is 12.1 Å². The summed E-state index contributed by atoms with van der Waals surface area (Å²) in [6, 6.07) is 3.36. The van der Waals surface area contributed by atoms with E-state index in [2.05, 4.69) is 0 Å². The molecule has 0 spiro atoms. The molecule has 0 aliphatic carbocycles. The molecule has 0 unspecified atom stereocenters. The summed E-state index contributed by atoms with van der Waals surface area (Å²) in [5.41, 5.74) is 1.63. The fraction of sp³-hybridized carbons (Fsp3) is 0.250. The molecule has 0 aliphatic heterocycles. The Morgan fingerprint density at radius 2 is 1.25 bits per heavy atom. The summed E-state index contributed by atoms with van der Waals surface area (Å²) < 4.78 is 9.98. The van der Waals surface area contributed by atoms with E-state index < -0.39 is 0 Å². The minimum atomic E-state index is 0.343. The van der Waals surface area contributed by atoms with Crippen LogP contribution in [0.5, 0.6) is 11.5 Å². The maximum atomic E-state index is 5.91. The molecule has 2 aromatic rings. The van der Waals surface area contributed by atoms with Gasteiger partial charge in [-0.05, 0) is 37.1 Å². The summed E-state index contributed by atoms with van der Waals surface area (Å²) in [6.45, 7) is 3.65. The number of methoxy groups -OCH3 is 2. The van der Waals surface area contributed by atoms with Gasteiger partial charge in [-0.2, -0.15) is 0 Å². The first-order chi connectivity index (χ1) is 11.1. The Labute approximate surface area is 171 Å². The molecular formula is C16H14Cl6O2. The van der Waals surface area contributed by atoms with Crippen LogP contribution in [-0.4, -0.2) is 14.2 Å². The van der Waals surface area contributed by atoms with Crippen LogP contribution in [0.1, 0.15) is 11.1 Å². The van der Waals surface area contributed by atoms with Gasteiger partial charge in [0.25, 0.3) is 0 Å². The highest BCUT2D eigenvalue weighted by Crippen LogP contribution is 2.40. The van der Waals surface area contributed by atoms with Gasteiger partial charge in [-0.1, -0.05) is 69.6 Å². The Kier molecular flexibility index (Phi) is 8.61. The van der Waals surface area contributed by atoms with Crippen LogP contribution in [0.2, 0.25) is 30.1 Å². The van der Waals surface area contributed by atoms with E-state index in [0.29, 0.717) is 41.6 Å². The van der Waals surface area contributed by atoms with Gasteiger partial charge in [-0.25, -0.2) is 0 Å². The molecule has 0 bridgehead atoms. The second-order valence-corrected chi connectivity index (χ2v) is 6.98. The third-order valence-electron chi connectivity index (χ3n) is 3.08. The van der Waals surface area contributed by atoms with Gasteiger partial charge in [0.2, 0.25) is 0 Å². The number of hydrogen-bond acceptors (Lipinski definition) is 2. The minimum absolute atomic E-state index is 0.343. The average molecular weight is 451 g/mol. The molecule has 2 nitrogen and oxygen atoms in total. The van der Waals surface area contributed by atoms with Crippen molar-refractivity contribution in [2.24, 2.45) is 0 Å². The van der Waals surface area contributed by atoms with Crippen LogP contribution in [0.3, 0.4) is 0 Å². The molecule has 0 fully saturated rings. The normalized spacial score (nSPS) is 10.1. The molecule has 0 aliphatic rings. The van der Waals surface area contributed by atoms with Crippen LogP contribution in [-0.2, 0) is 0 Å². The van der Waals surface area contributed by atoms with Crippen molar-refractivity contribution >= 4 is 69.6 Å². The Hall–Kier alpha value is -0.220.